The van der Waals surface area contributed by atoms with E-state index in [4.69, 9.17) is 11.6 Å². The van der Waals surface area contributed by atoms with Gasteiger partial charge in [-0.2, -0.15) is 13.2 Å². The summed E-state index contributed by atoms with van der Waals surface area (Å²) >= 11 is 5.30. The number of nitro benzene ring substituents is 1. The van der Waals surface area contributed by atoms with Crippen LogP contribution in [0.25, 0.3) is 0 Å². The average molecular weight is 240 g/mol. The van der Waals surface area contributed by atoms with E-state index < -0.39 is 22.4 Å². The molecule has 0 radical (unpaired) electrons. The summed E-state index contributed by atoms with van der Waals surface area (Å²) < 4.78 is 37.2. The van der Waals surface area contributed by atoms with Crippen LogP contribution in [0.2, 0.25) is 0 Å². The van der Waals surface area contributed by atoms with Crippen LogP contribution >= 0.6 is 11.6 Å². The molecule has 0 atom stereocenters. The van der Waals surface area contributed by atoms with Crippen LogP contribution < -0.4 is 0 Å². The number of hydrogen-bond donors (Lipinski definition) is 0. The topological polar surface area (TPSA) is 43.1 Å². The summed E-state index contributed by atoms with van der Waals surface area (Å²) in [5.41, 5.74) is -1.84. The number of halogens is 4. The van der Waals surface area contributed by atoms with E-state index in [9.17, 15) is 23.3 Å². The smallest absolute Gasteiger partial charge is 0.258 e. The van der Waals surface area contributed by atoms with E-state index in [-0.39, 0.29) is 11.4 Å². The van der Waals surface area contributed by atoms with Crippen molar-refractivity contribution >= 4 is 17.3 Å². The van der Waals surface area contributed by atoms with Gasteiger partial charge in [-0.05, 0) is 5.56 Å². The molecule has 1 aromatic rings. The zero-order valence-corrected chi connectivity index (χ0v) is 7.97. The SMILES string of the molecule is O=[N+]([O-])c1ccc(CCl)c(C(F)(F)F)c1. The van der Waals surface area contributed by atoms with Gasteiger partial charge in [-0.15, -0.1) is 11.6 Å². The highest BCUT2D eigenvalue weighted by molar-refractivity contribution is 6.17. The van der Waals surface area contributed by atoms with Crippen molar-refractivity contribution in [1.82, 2.24) is 0 Å². The number of nitrogens with zero attached hydrogens (tertiary/aromatic N) is 1. The first-order valence-electron chi connectivity index (χ1n) is 3.76. The highest BCUT2D eigenvalue weighted by Crippen LogP contribution is 2.34. The molecule has 82 valence electrons. The third-order valence-electron chi connectivity index (χ3n) is 1.75. The highest BCUT2D eigenvalue weighted by Gasteiger charge is 2.34. The minimum absolute atomic E-state index is 0.172. The summed E-state index contributed by atoms with van der Waals surface area (Å²) in [4.78, 5) is 9.40. The molecule has 1 rings (SSSR count). The number of non-ortho nitro benzene ring substituents is 1. The first-order valence-corrected chi connectivity index (χ1v) is 4.30. The molecule has 0 saturated carbocycles. The monoisotopic (exact) mass is 239 g/mol. The van der Waals surface area contributed by atoms with Crippen LogP contribution in [0.3, 0.4) is 0 Å². The van der Waals surface area contributed by atoms with Crippen LogP contribution in [-0.2, 0) is 12.1 Å². The number of benzene rings is 1. The fourth-order valence-corrected chi connectivity index (χ4v) is 1.29. The van der Waals surface area contributed by atoms with Crippen molar-refractivity contribution in [3.63, 3.8) is 0 Å². The zero-order chi connectivity index (χ0) is 11.6. The molecule has 0 aliphatic heterocycles. The molecule has 0 aliphatic rings. The summed E-state index contributed by atoms with van der Waals surface area (Å²) in [6.45, 7) is 0. The second kappa shape index (κ2) is 4.06. The van der Waals surface area contributed by atoms with E-state index in [1.807, 2.05) is 0 Å². The lowest BCUT2D eigenvalue weighted by Crippen LogP contribution is -2.09. The van der Waals surface area contributed by atoms with Crippen LogP contribution in [0, 0.1) is 10.1 Å². The standard InChI is InChI=1S/C8H5ClF3NO2/c9-4-5-1-2-6(13(14)15)3-7(5)8(10,11)12/h1-3H,4H2. The van der Waals surface area contributed by atoms with Gasteiger partial charge in [-0.1, -0.05) is 6.07 Å². The van der Waals surface area contributed by atoms with Crippen molar-refractivity contribution in [2.24, 2.45) is 0 Å². The normalized spacial score (nSPS) is 11.5. The van der Waals surface area contributed by atoms with Crippen LogP contribution in [0.1, 0.15) is 11.1 Å². The van der Waals surface area contributed by atoms with E-state index in [0.717, 1.165) is 12.1 Å². The number of nitro groups is 1. The van der Waals surface area contributed by atoms with Crippen LogP contribution in [0.15, 0.2) is 18.2 Å². The molecule has 1 aromatic carbocycles. The van der Waals surface area contributed by atoms with Crippen LogP contribution in [0.5, 0.6) is 0 Å². The summed E-state index contributed by atoms with van der Waals surface area (Å²) in [5, 5.41) is 10.3. The maximum atomic E-state index is 12.4. The van der Waals surface area contributed by atoms with Gasteiger partial charge >= 0.3 is 6.18 Å². The number of alkyl halides is 4. The summed E-state index contributed by atoms with van der Waals surface area (Å²) in [7, 11) is 0. The van der Waals surface area contributed by atoms with E-state index in [1.165, 1.54) is 0 Å². The molecule has 0 unspecified atom stereocenters. The Morgan fingerprint density at radius 3 is 2.40 bits per heavy atom. The lowest BCUT2D eigenvalue weighted by Gasteiger charge is -2.10. The summed E-state index contributed by atoms with van der Waals surface area (Å²) in [5.74, 6) is -0.340. The van der Waals surface area contributed by atoms with Gasteiger partial charge in [0, 0.05) is 18.0 Å². The van der Waals surface area contributed by atoms with Gasteiger partial charge in [0.25, 0.3) is 5.69 Å². The Morgan fingerprint density at radius 1 is 1.40 bits per heavy atom. The van der Waals surface area contributed by atoms with Gasteiger partial charge in [0.15, 0.2) is 0 Å². The minimum Gasteiger partial charge on any atom is -0.258 e. The lowest BCUT2D eigenvalue weighted by molar-refractivity contribution is -0.385. The van der Waals surface area contributed by atoms with E-state index >= 15 is 0 Å². The van der Waals surface area contributed by atoms with Crippen LogP contribution in [0.4, 0.5) is 18.9 Å². The Kier molecular flexibility index (Phi) is 3.18. The predicted molar refractivity (Wildman–Crippen MR) is 47.7 cm³/mol. The molecule has 0 N–H and O–H groups in total. The Balaban J connectivity index is 3.32. The molecular weight excluding hydrogens is 235 g/mol. The molecule has 0 amide bonds. The van der Waals surface area contributed by atoms with Crippen molar-refractivity contribution in [2.75, 3.05) is 0 Å². The lowest BCUT2D eigenvalue weighted by atomic mass is 10.1. The molecule has 0 heterocycles. The van der Waals surface area contributed by atoms with Crippen molar-refractivity contribution in [2.45, 2.75) is 12.1 Å². The third kappa shape index (κ3) is 2.59. The molecule has 7 heteroatoms. The molecular formula is C8H5ClF3NO2. The summed E-state index contributed by atoms with van der Waals surface area (Å²) in [6, 6.07) is 2.48. The molecule has 0 fully saturated rings. The van der Waals surface area contributed by atoms with Crippen molar-refractivity contribution in [1.29, 1.82) is 0 Å². The molecule has 0 bridgehead atoms. The Bertz CT molecular complexity index is 392. The van der Waals surface area contributed by atoms with Crippen LogP contribution in [-0.4, -0.2) is 4.92 Å². The zero-order valence-electron chi connectivity index (χ0n) is 7.21. The Morgan fingerprint density at radius 2 is 2.00 bits per heavy atom. The average Bonchev–Trinajstić information content (AvgIpc) is 2.15. The van der Waals surface area contributed by atoms with E-state index in [2.05, 4.69) is 0 Å². The second-order valence-electron chi connectivity index (χ2n) is 2.73. The van der Waals surface area contributed by atoms with E-state index in [0.29, 0.717) is 6.07 Å². The first-order chi connectivity index (χ1) is 6.86. The highest BCUT2D eigenvalue weighted by atomic mass is 35.5. The minimum atomic E-state index is -4.63. The maximum absolute atomic E-state index is 12.4. The molecule has 0 aliphatic carbocycles. The van der Waals surface area contributed by atoms with Gasteiger partial charge in [0.2, 0.25) is 0 Å². The molecule has 0 aromatic heterocycles. The number of hydrogen-bond acceptors (Lipinski definition) is 2. The summed E-state index contributed by atoms with van der Waals surface area (Å²) in [6.07, 6.45) is -4.63. The molecule has 3 nitrogen and oxygen atoms in total. The Labute approximate surface area is 87.6 Å². The number of rotatable bonds is 2. The molecule has 15 heavy (non-hydrogen) atoms. The van der Waals surface area contributed by atoms with Crippen molar-refractivity contribution in [3.8, 4) is 0 Å². The van der Waals surface area contributed by atoms with Crippen molar-refractivity contribution in [3.05, 3.63) is 39.4 Å². The second-order valence-corrected chi connectivity index (χ2v) is 3.00. The van der Waals surface area contributed by atoms with Crippen molar-refractivity contribution < 1.29 is 18.1 Å². The maximum Gasteiger partial charge on any atom is 0.416 e. The van der Waals surface area contributed by atoms with Gasteiger partial charge in [-0.3, -0.25) is 10.1 Å². The fourth-order valence-electron chi connectivity index (χ4n) is 1.06. The van der Waals surface area contributed by atoms with Gasteiger partial charge < -0.3 is 0 Å². The van der Waals surface area contributed by atoms with Gasteiger partial charge in [0.1, 0.15) is 0 Å². The fraction of sp³-hybridized carbons (Fsp3) is 0.250. The largest absolute Gasteiger partial charge is 0.416 e. The van der Waals surface area contributed by atoms with E-state index in [1.54, 1.807) is 0 Å². The first kappa shape index (κ1) is 11.8. The molecule has 0 saturated heterocycles. The molecule has 0 spiro atoms. The van der Waals surface area contributed by atoms with Gasteiger partial charge in [-0.25, -0.2) is 0 Å². The predicted octanol–water partition coefficient (Wildman–Crippen LogP) is 3.35. The third-order valence-corrected chi connectivity index (χ3v) is 2.04. The Hall–Kier alpha value is -1.30. The van der Waals surface area contributed by atoms with Gasteiger partial charge in [0.05, 0.1) is 10.5 Å². The quantitative estimate of drug-likeness (QED) is 0.451.